The van der Waals surface area contributed by atoms with Gasteiger partial charge in [0.1, 0.15) is 5.75 Å². The molecule has 1 N–H and O–H groups in total. The zero-order valence-electron chi connectivity index (χ0n) is 10.3. The van der Waals surface area contributed by atoms with Crippen LogP contribution in [0.1, 0.15) is 44.4 Å². The van der Waals surface area contributed by atoms with Crippen molar-refractivity contribution in [3.8, 4) is 5.75 Å². The summed E-state index contributed by atoms with van der Waals surface area (Å²) < 4.78 is 5.46. The number of fused-ring (bicyclic) bond motifs is 1. The smallest absolute Gasteiger partial charge is 0.122 e. The molecule has 2 nitrogen and oxygen atoms in total. The Balaban J connectivity index is 2.28. The highest BCUT2D eigenvalue weighted by Gasteiger charge is 2.28. The molecule has 1 aliphatic rings. The van der Waals surface area contributed by atoms with Crippen LogP contribution in [0, 0.1) is 5.41 Å². The predicted molar refractivity (Wildman–Crippen MR) is 64.7 cm³/mol. The van der Waals surface area contributed by atoms with Gasteiger partial charge in [-0.1, -0.05) is 26.8 Å². The Bertz CT molecular complexity index is 382. The van der Waals surface area contributed by atoms with Crippen LogP contribution in [0.3, 0.4) is 0 Å². The molecule has 0 radical (unpaired) electrons. The van der Waals surface area contributed by atoms with Crippen molar-refractivity contribution in [2.75, 3.05) is 6.61 Å². The molecule has 16 heavy (non-hydrogen) atoms. The largest absolute Gasteiger partial charge is 0.493 e. The molecule has 1 aliphatic heterocycles. The second-order valence-electron chi connectivity index (χ2n) is 5.21. The van der Waals surface area contributed by atoms with Gasteiger partial charge in [0.15, 0.2) is 0 Å². The van der Waals surface area contributed by atoms with E-state index in [4.69, 9.17) is 4.74 Å². The highest BCUT2D eigenvalue weighted by Crippen LogP contribution is 2.38. The number of aliphatic hydroxyl groups is 1. The molecule has 0 fully saturated rings. The summed E-state index contributed by atoms with van der Waals surface area (Å²) in [6, 6.07) is 6.04. The van der Waals surface area contributed by atoms with E-state index in [0.717, 1.165) is 30.8 Å². The summed E-state index contributed by atoms with van der Waals surface area (Å²) in [5.74, 6) is 0.977. The predicted octanol–water partition coefficient (Wildman–Crippen LogP) is 3.09. The quantitative estimate of drug-likeness (QED) is 0.848. The molecule has 0 bridgehead atoms. The molecule has 2 heteroatoms. The van der Waals surface area contributed by atoms with Crippen LogP contribution in [0.25, 0.3) is 0 Å². The van der Waals surface area contributed by atoms with Crippen molar-refractivity contribution in [2.24, 2.45) is 5.41 Å². The van der Waals surface area contributed by atoms with E-state index in [1.54, 1.807) is 0 Å². The van der Waals surface area contributed by atoms with Gasteiger partial charge in [0.05, 0.1) is 12.7 Å². The molecule has 0 aromatic heterocycles. The summed E-state index contributed by atoms with van der Waals surface area (Å²) in [6.07, 6.45) is 1.52. The number of hydrogen-bond donors (Lipinski definition) is 1. The Hall–Kier alpha value is -1.02. The topological polar surface area (TPSA) is 29.5 Å². The van der Waals surface area contributed by atoms with Gasteiger partial charge in [-0.15, -0.1) is 0 Å². The molecule has 0 amide bonds. The van der Waals surface area contributed by atoms with Crippen molar-refractivity contribution in [1.29, 1.82) is 0 Å². The standard InChI is InChI=1S/C14H20O2/c1-4-14(2,3)13(15)11-5-6-12-10(9-11)7-8-16-12/h5-6,9,13,15H,4,7-8H2,1-3H3. The fourth-order valence-corrected chi connectivity index (χ4v) is 2.02. The molecular weight excluding hydrogens is 200 g/mol. The minimum Gasteiger partial charge on any atom is -0.493 e. The highest BCUT2D eigenvalue weighted by atomic mass is 16.5. The lowest BCUT2D eigenvalue weighted by Gasteiger charge is -2.29. The SMILES string of the molecule is CCC(C)(C)C(O)c1ccc2c(c1)CCO2. The van der Waals surface area contributed by atoms with Gasteiger partial charge in [-0.05, 0) is 35.1 Å². The average molecular weight is 220 g/mol. The molecule has 88 valence electrons. The third-order valence-corrected chi connectivity index (χ3v) is 3.68. The van der Waals surface area contributed by atoms with Gasteiger partial charge >= 0.3 is 0 Å². The third-order valence-electron chi connectivity index (χ3n) is 3.68. The zero-order chi connectivity index (χ0) is 11.8. The van der Waals surface area contributed by atoms with E-state index in [1.807, 2.05) is 12.1 Å². The van der Waals surface area contributed by atoms with Gasteiger partial charge < -0.3 is 9.84 Å². The van der Waals surface area contributed by atoms with E-state index in [-0.39, 0.29) is 5.41 Å². The van der Waals surface area contributed by atoms with Crippen molar-refractivity contribution < 1.29 is 9.84 Å². The highest BCUT2D eigenvalue weighted by molar-refractivity contribution is 5.40. The first-order valence-electron chi connectivity index (χ1n) is 5.98. The van der Waals surface area contributed by atoms with Crippen molar-refractivity contribution in [1.82, 2.24) is 0 Å². The van der Waals surface area contributed by atoms with Crippen LogP contribution < -0.4 is 4.74 Å². The maximum Gasteiger partial charge on any atom is 0.122 e. The maximum atomic E-state index is 10.3. The fourth-order valence-electron chi connectivity index (χ4n) is 2.02. The lowest BCUT2D eigenvalue weighted by molar-refractivity contribution is 0.0465. The van der Waals surface area contributed by atoms with Crippen molar-refractivity contribution in [3.63, 3.8) is 0 Å². The van der Waals surface area contributed by atoms with Crippen LogP contribution in [0.15, 0.2) is 18.2 Å². The monoisotopic (exact) mass is 220 g/mol. The van der Waals surface area contributed by atoms with Gasteiger partial charge in [0.2, 0.25) is 0 Å². The summed E-state index contributed by atoms with van der Waals surface area (Å²) >= 11 is 0. The van der Waals surface area contributed by atoms with E-state index < -0.39 is 6.10 Å². The van der Waals surface area contributed by atoms with E-state index in [9.17, 15) is 5.11 Å². The number of aliphatic hydroxyl groups excluding tert-OH is 1. The first-order valence-corrected chi connectivity index (χ1v) is 5.98. The number of ether oxygens (including phenoxy) is 1. The molecule has 0 saturated carbocycles. The van der Waals surface area contributed by atoms with E-state index in [1.165, 1.54) is 5.56 Å². The van der Waals surface area contributed by atoms with Gasteiger partial charge in [0, 0.05) is 6.42 Å². The third kappa shape index (κ3) is 1.94. The Morgan fingerprint density at radius 2 is 2.19 bits per heavy atom. The molecule has 0 aliphatic carbocycles. The Kier molecular flexibility index (Phi) is 2.94. The lowest BCUT2D eigenvalue weighted by atomic mass is 9.80. The summed E-state index contributed by atoms with van der Waals surface area (Å²) in [5, 5.41) is 10.3. The number of rotatable bonds is 3. The molecule has 0 saturated heterocycles. The Labute approximate surface area is 97.3 Å². The molecule has 1 unspecified atom stereocenters. The second kappa shape index (κ2) is 4.10. The first kappa shape index (κ1) is 11.5. The molecule has 1 aromatic carbocycles. The lowest BCUT2D eigenvalue weighted by Crippen LogP contribution is -2.21. The molecule has 1 atom stereocenters. The van der Waals surface area contributed by atoms with E-state index in [2.05, 4.69) is 26.8 Å². The minimum atomic E-state index is -0.400. The normalized spacial score (nSPS) is 16.8. The first-order chi connectivity index (χ1) is 7.54. The molecule has 1 aromatic rings. The second-order valence-corrected chi connectivity index (χ2v) is 5.21. The van der Waals surface area contributed by atoms with E-state index >= 15 is 0 Å². The Morgan fingerprint density at radius 3 is 2.88 bits per heavy atom. The van der Waals surface area contributed by atoms with Crippen LogP contribution >= 0.6 is 0 Å². The van der Waals surface area contributed by atoms with Gasteiger partial charge in [-0.25, -0.2) is 0 Å². The molecule has 2 rings (SSSR count). The molecule has 0 spiro atoms. The number of hydrogen-bond acceptors (Lipinski definition) is 2. The van der Waals surface area contributed by atoms with Crippen molar-refractivity contribution in [2.45, 2.75) is 39.7 Å². The maximum absolute atomic E-state index is 10.3. The summed E-state index contributed by atoms with van der Waals surface area (Å²) in [6.45, 7) is 7.08. The Morgan fingerprint density at radius 1 is 1.44 bits per heavy atom. The van der Waals surface area contributed by atoms with Crippen molar-refractivity contribution in [3.05, 3.63) is 29.3 Å². The van der Waals surface area contributed by atoms with Gasteiger partial charge in [0.25, 0.3) is 0 Å². The van der Waals surface area contributed by atoms with Crippen LogP contribution in [-0.4, -0.2) is 11.7 Å². The summed E-state index contributed by atoms with van der Waals surface area (Å²) in [4.78, 5) is 0. The summed E-state index contributed by atoms with van der Waals surface area (Å²) in [7, 11) is 0. The van der Waals surface area contributed by atoms with Crippen molar-refractivity contribution >= 4 is 0 Å². The van der Waals surface area contributed by atoms with Crippen LogP contribution in [-0.2, 0) is 6.42 Å². The number of benzene rings is 1. The van der Waals surface area contributed by atoms with Crippen LogP contribution in [0.4, 0.5) is 0 Å². The minimum absolute atomic E-state index is 0.0757. The van der Waals surface area contributed by atoms with Crippen LogP contribution in [0.2, 0.25) is 0 Å². The van der Waals surface area contributed by atoms with E-state index in [0.29, 0.717) is 0 Å². The molecule has 1 heterocycles. The van der Waals surface area contributed by atoms with Gasteiger partial charge in [-0.3, -0.25) is 0 Å². The average Bonchev–Trinajstić information content (AvgIpc) is 2.74. The van der Waals surface area contributed by atoms with Gasteiger partial charge in [-0.2, -0.15) is 0 Å². The molecular formula is C14H20O2. The van der Waals surface area contributed by atoms with Crippen LogP contribution in [0.5, 0.6) is 5.75 Å². The zero-order valence-corrected chi connectivity index (χ0v) is 10.3. The summed E-state index contributed by atoms with van der Waals surface area (Å²) in [5.41, 5.74) is 2.16. The fraction of sp³-hybridized carbons (Fsp3) is 0.571.